The molecule has 2 heterocycles. The average molecular weight is 226 g/mol. The number of amides is 1. The Labute approximate surface area is 97.0 Å². The summed E-state index contributed by atoms with van der Waals surface area (Å²) in [7, 11) is 0. The number of aliphatic hydroxyl groups excluding tert-OH is 1. The largest absolute Gasteiger partial charge is 0.396 e. The number of nitrogens with zero attached hydrogens (tertiary/aromatic N) is 1. The molecule has 0 aromatic rings. The fourth-order valence-corrected chi connectivity index (χ4v) is 2.75. The van der Waals surface area contributed by atoms with Crippen LogP contribution in [0.15, 0.2) is 0 Å². The van der Waals surface area contributed by atoms with Crippen LogP contribution >= 0.6 is 0 Å². The van der Waals surface area contributed by atoms with Crippen molar-refractivity contribution in [3.05, 3.63) is 0 Å². The van der Waals surface area contributed by atoms with Crippen molar-refractivity contribution in [2.45, 2.75) is 38.1 Å². The van der Waals surface area contributed by atoms with Gasteiger partial charge in [0.05, 0.1) is 0 Å². The number of rotatable bonds is 4. The Kier molecular flexibility index (Phi) is 4.18. The van der Waals surface area contributed by atoms with E-state index in [9.17, 15) is 4.79 Å². The van der Waals surface area contributed by atoms with E-state index in [-0.39, 0.29) is 6.61 Å². The molecule has 2 atom stereocenters. The van der Waals surface area contributed by atoms with Crippen LogP contribution < -0.4 is 5.32 Å². The van der Waals surface area contributed by atoms with E-state index >= 15 is 0 Å². The van der Waals surface area contributed by atoms with E-state index in [0.29, 0.717) is 24.3 Å². The van der Waals surface area contributed by atoms with Gasteiger partial charge in [-0.1, -0.05) is 0 Å². The molecule has 16 heavy (non-hydrogen) atoms. The molecule has 0 spiro atoms. The van der Waals surface area contributed by atoms with E-state index in [2.05, 4.69) is 5.32 Å². The van der Waals surface area contributed by atoms with E-state index in [1.54, 1.807) is 0 Å². The predicted octanol–water partition coefficient (Wildman–Crippen LogP) is 0.359. The zero-order valence-corrected chi connectivity index (χ0v) is 9.82. The number of carbonyl (C=O) groups is 1. The number of aliphatic hydroxyl groups is 1. The van der Waals surface area contributed by atoms with Gasteiger partial charge in [0, 0.05) is 32.2 Å². The fraction of sp³-hybridized carbons (Fsp3) is 0.917. The number of likely N-dealkylation sites (tertiary alicyclic amines) is 1. The molecule has 0 bridgehead atoms. The number of carbonyl (C=O) groups excluding carboxylic acids is 1. The average Bonchev–Trinajstić information content (AvgIpc) is 2.89. The molecule has 2 saturated heterocycles. The van der Waals surface area contributed by atoms with Gasteiger partial charge in [0.1, 0.15) is 0 Å². The second-order valence-corrected chi connectivity index (χ2v) is 5.00. The zero-order chi connectivity index (χ0) is 11.4. The highest BCUT2D eigenvalue weighted by Gasteiger charge is 2.27. The Morgan fingerprint density at radius 3 is 3.00 bits per heavy atom. The highest BCUT2D eigenvalue weighted by atomic mass is 16.3. The zero-order valence-electron chi connectivity index (χ0n) is 9.82. The first kappa shape index (κ1) is 11.9. The summed E-state index contributed by atoms with van der Waals surface area (Å²) in [6.07, 6.45) is 4.90. The van der Waals surface area contributed by atoms with Gasteiger partial charge < -0.3 is 15.3 Å². The first-order valence-corrected chi connectivity index (χ1v) is 6.41. The van der Waals surface area contributed by atoms with Gasteiger partial charge >= 0.3 is 0 Å². The van der Waals surface area contributed by atoms with Crippen LogP contribution in [0.1, 0.15) is 32.1 Å². The molecule has 92 valence electrons. The van der Waals surface area contributed by atoms with Crippen LogP contribution in [-0.4, -0.2) is 48.2 Å². The van der Waals surface area contributed by atoms with Crippen molar-refractivity contribution in [3.63, 3.8) is 0 Å². The third kappa shape index (κ3) is 2.95. The smallest absolute Gasteiger partial charge is 0.224 e. The van der Waals surface area contributed by atoms with Crippen LogP contribution in [0.2, 0.25) is 0 Å². The van der Waals surface area contributed by atoms with Crippen molar-refractivity contribution < 1.29 is 9.90 Å². The summed E-state index contributed by atoms with van der Waals surface area (Å²) in [5, 5.41) is 12.2. The Hall–Kier alpha value is -0.610. The second kappa shape index (κ2) is 5.64. The summed E-state index contributed by atoms with van der Waals surface area (Å²) < 4.78 is 0. The Morgan fingerprint density at radius 2 is 2.31 bits per heavy atom. The minimum absolute atomic E-state index is 0.247. The third-order valence-electron chi connectivity index (χ3n) is 3.76. The van der Waals surface area contributed by atoms with E-state index in [0.717, 1.165) is 38.9 Å². The van der Waals surface area contributed by atoms with Crippen LogP contribution in [0.25, 0.3) is 0 Å². The van der Waals surface area contributed by atoms with Crippen molar-refractivity contribution >= 4 is 5.91 Å². The molecule has 0 saturated carbocycles. The SMILES string of the molecule is O=C(CC1CCCN1)N1CCC(CCO)C1. The Balaban J connectivity index is 1.73. The maximum Gasteiger partial charge on any atom is 0.224 e. The first-order valence-electron chi connectivity index (χ1n) is 6.41. The topological polar surface area (TPSA) is 52.6 Å². The normalized spacial score (nSPS) is 29.9. The molecule has 0 radical (unpaired) electrons. The standard InChI is InChI=1S/C12H22N2O2/c15-7-4-10-3-6-14(9-10)12(16)8-11-2-1-5-13-11/h10-11,13,15H,1-9H2. The highest BCUT2D eigenvalue weighted by Crippen LogP contribution is 2.21. The monoisotopic (exact) mass is 226 g/mol. The van der Waals surface area contributed by atoms with E-state index < -0.39 is 0 Å². The number of hydrogen-bond donors (Lipinski definition) is 2. The van der Waals surface area contributed by atoms with Gasteiger partial charge in [0.2, 0.25) is 5.91 Å². The maximum atomic E-state index is 12.0. The summed E-state index contributed by atoms with van der Waals surface area (Å²) in [6, 6.07) is 0.407. The molecule has 1 amide bonds. The van der Waals surface area contributed by atoms with Crippen molar-refractivity contribution in [1.82, 2.24) is 10.2 Å². The lowest BCUT2D eigenvalue weighted by Gasteiger charge is -2.18. The van der Waals surface area contributed by atoms with Gasteiger partial charge in [-0.3, -0.25) is 4.79 Å². The van der Waals surface area contributed by atoms with E-state index in [1.807, 2.05) is 4.90 Å². The van der Waals surface area contributed by atoms with Crippen molar-refractivity contribution in [1.29, 1.82) is 0 Å². The summed E-state index contributed by atoms with van der Waals surface area (Å²) in [4.78, 5) is 13.9. The molecule has 0 aromatic heterocycles. The third-order valence-corrected chi connectivity index (χ3v) is 3.76. The second-order valence-electron chi connectivity index (χ2n) is 5.00. The lowest BCUT2D eigenvalue weighted by molar-refractivity contribution is -0.130. The van der Waals surface area contributed by atoms with Gasteiger partial charge in [-0.05, 0) is 38.1 Å². The van der Waals surface area contributed by atoms with Gasteiger partial charge in [-0.25, -0.2) is 0 Å². The summed E-state index contributed by atoms with van der Waals surface area (Å²) >= 11 is 0. The van der Waals surface area contributed by atoms with Crippen molar-refractivity contribution in [2.75, 3.05) is 26.2 Å². The van der Waals surface area contributed by atoms with Crippen molar-refractivity contribution in [3.8, 4) is 0 Å². The number of nitrogens with one attached hydrogen (secondary N) is 1. The van der Waals surface area contributed by atoms with Crippen LogP contribution in [0, 0.1) is 5.92 Å². The van der Waals surface area contributed by atoms with Crippen LogP contribution in [0.3, 0.4) is 0 Å². The molecule has 0 aliphatic carbocycles. The minimum atomic E-state index is 0.247. The van der Waals surface area contributed by atoms with Gasteiger partial charge in [0.15, 0.2) is 0 Å². The summed E-state index contributed by atoms with van der Waals surface area (Å²) in [5.41, 5.74) is 0. The molecule has 2 fully saturated rings. The molecular weight excluding hydrogens is 204 g/mol. The maximum absolute atomic E-state index is 12.0. The Morgan fingerprint density at radius 1 is 1.44 bits per heavy atom. The minimum Gasteiger partial charge on any atom is -0.396 e. The van der Waals surface area contributed by atoms with Crippen LogP contribution in [0.4, 0.5) is 0 Å². The molecule has 0 aromatic carbocycles. The first-order chi connectivity index (χ1) is 7.79. The molecule has 2 aliphatic rings. The molecule has 4 heteroatoms. The van der Waals surface area contributed by atoms with Gasteiger partial charge in [-0.2, -0.15) is 0 Å². The van der Waals surface area contributed by atoms with Crippen LogP contribution in [-0.2, 0) is 4.79 Å². The lowest BCUT2D eigenvalue weighted by atomic mass is 10.1. The lowest BCUT2D eigenvalue weighted by Crippen LogP contribution is -2.34. The van der Waals surface area contributed by atoms with E-state index in [1.165, 1.54) is 6.42 Å². The van der Waals surface area contributed by atoms with Gasteiger partial charge in [0.25, 0.3) is 0 Å². The molecule has 2 rings (SSSR count). The fourth-order valence-electron chi connectivity index (χ4n) is 2.75. The van der Waals surface area contributed by atoms with Crippen LogP contribution in [0.5, 0.6) is 0 Å². The van der Waals surface area contributed by atoms with Gasteiger partial charge in [-0.15, -0.1) is 0 Å². The highest BCUT2D eigenvalue weighted by molar-refractivity contribution is 5.77. The summed E-state index contributed by atoms with van der Waals surface area (Å²) in [6.45, 7) is 3.05. The van der Waals surface area contributed by atoms with E-state index in [4.69, 9.17) is 5.11 Å². The van der Waals surface area contributed by atoms with Crippen molar-refractivity contribution in [2.24, 2.45) is 5.92 Å². The number of hydrogen-bond acceptors (Lipinski definition) is 3. The quantitative estimate of drug-likeness (QED) is 0.728. The molecule has 4 nitrogen and oxygen atoms in total. The summed E-state index contributed by atoms with van der Waals surface area (Å²) in [5.74, 6) is 0.810. The molecular formula is C12H22N2O2. The molecule has 2 N–H and O–H groups in total. The molecule has 2 aliphatic heterocycles. The Bertz CT molecular complexity index is 239. The molecule has 2 unspecified atom stereocenters. The predicted molar refractivity (Wildman–Crippen MR) is 62.0 cm³/mol.